The first-order chi connectivity index (χ1) is 10.1. The van der Waals surface area contributed by atoms with Gasteiger partial charge in [0.05, 0.1) is 12.1 Å². The molecule has 0 aromatic carbocycles. The Kier molecular flexibility index (Phi) is 4.01. The van der Waals surface area contributed by atoms with Crippen LogP contribution < -0.4 is 21.3 Å². The van der Waals surface area contributed by atoms with E-state index in [1.807, 2.05) is 6.92 Å². The first-order valence-electron chi connectivity index (χ1n) is 7.20. The molecule has 1 aromatic rings. The Hall–Kier alpha value is -1.38. The molecule has 0 radical (unpaired) electrons. The van der Waals surface area contributed by atoms with Crippen molar-refractivity contribution in [2.75, 3.05) is 50.0 Å². The van der Waals surface area contributed by atoms with E-state index in [1.165, 1.54) is 11.3 Å². The average Bonchev–Trinajstić information content (AvgIpc) is 3.06. The summed E-state index contributed by atoms with van der Waals surface area (Å²) >= 11 is 1.37. The van der Waals surface area contributed by atoms with E-state index in [0.29, 0.717) is 23.9 Å². The van der Waals surface area contributed by atoms with Crippen molar-refractivity contribution in [1.82, 2.24) is 15.6 Å². The van der Waals surface area contributed by atoms with Crippen molar-refractivity contribution in [2.45, 2.75) is 18.9 Å². The van der Waals surface area contributed by atoms with Gasteiger partial charge in [0, 0.05) is 32.8 Å². The lowest BCUT2D eigenvalue weighted by Gasteiger charge is -2.26. The molecule has 0 aliphatic carbocycles. The minimum absolute atomic E-state index is 0.153. The molecular weight excluding hydrogens is 290 g/mol. The Labute approximate surface area is 127 Å². The minimum Gasteiger partial charge on any atom is -0.382 e. The van der Waals surface area contributed by atoms with Crippen molar-refractivity contribution >= 4 is 28.2 Å². The smallest absolute Gasteiger partial charge is 0.265 e. The Morgan fingerprint density at radius 2 is 2.29 bits per heavy atom. The Morgan fingerprint density at radius 1 is 1.52 bits per heavy atom. The zero-order valence-electron chi connectivity index (χ0n) is 12.1. The predicted molar refractivity (Wildman–Crippen MR) is 82.9 cm³/mol. The van der Waals surface area contributed by atoms with Gasteiger partial charge < -0.3 is 26.0 Å². The van der Waals surface area contributed by atoms with E-state index in [9.17, 15) is 4.79 Å². The van der Waals surface area contributed by atoms with Gasteiger partial charge in [-0.2, -0.15) is 0 Å². The summed E-state index contributed by atoms with van der Waals surface area (Å²) in [5, 5.41) is 7.14. The van der Waals surface area contributed by atoms with Gasteiger partial charge in [0.1, 0.15) is 10.7 Å². The summed E-state index contributed by atoms with van der Waals surface area (Å²) in [5.74, 6) is 0.160. The normalized spacial score (nSPS) is 26.0. The quantitative estimate of drug-likeness (QED) is 0.730. The van der Waals surface area contributed by atoms with Gasteiger partial charge in [-0.25, -0.2) is 4.98 Å². The molecule has 8 heteroatoms. The summed E-state index contributed by atoms with van der Waals surface area (Å²) in [7, 11) is 0. The highest BCUT2D eigenvalue weighted by molar-refractivity contribution is 7.18. The fourth-order valence-electron chi connectivity index (χ4n) is 2.57. The Bertz CT molecular complexity index is 521. The highest BCUT2D eigenvalue weighted by atomic mass is 32.1. The van der Waals surface area contributed by atoms with Crippen LogP contribution in [0.4, 0.5) is 10.9 Å². The van der Waals surface area contributed by atoms with E-state index in [2.05, 4.69) is 20.5 Å². The molecule has 2 fully saturated rings. The summed E-state index contributed by atoms with van der Waals surface area (Å²) in [6.45, 7) is 6.85. The SMILES string of the molecule is CC1(NC(=O)c2sc(N3CCNCC3)nc2N)CCOC1. The van der Waals surface area contributed by atoms with Crippen molar-refractivity contribution in [3.8, 4) is 0 Å². The molecular formula is C13H21N5O2S. The van der Waals surface area contributed by atoms with Crippen molar-refractivity contribution in [3.63, 3.8) is 0 Å². The number of amides is 1. The zero-order chi connectivity index (χ0) is 14.9. The van der Waals surface area contributed by atoms with Crippen LogP contribution in [0.2, 0.25) is 0 Å². The summed E-state index contributed by atoms with van der Waals surface area (Å²) in [5.41, 5.74) is 5.63. The van der Waals surface area contributed by atoms with Crippen LogP contribution >= 0.6 is 11.3 Å². The Balaban J connectivity index is 1.72. The number of carbonyl (C=O) groups excluding carboxylic acids is 1. The Morgan fingerprint density at radius 3 is 2.95 bits per heavy atom. The lowest BCUT2D eigenvalue weighted by molar-refractivity contribution is 0.0894. The molecule has 2 saturated heterocycles. The fourth-order valence-corrected chi connectivity index (χ4v) is 3.50. The third-order valence-electron chi connectivity index (χ3n) is 3.87. The maximum absolute atomic E-state index is 12.4. The first-order valence-corrected chi connectivity index (χ1v) is 8.01. The molecule has 2 aliphatic heterocycles. The largest absolute Gasteiger partial charge is 0.382 e. The van der Waals surface area contributed by atoms with Gasteiger partial charge in [-0.1, -0.05) is 11.3 Å². The van der Waals surface area contributed by atoms with Crippen LogP contribution in [0, 0.1) is 0 Å². The summed E-state index contributed by atoms with van der Waals surface area (Å²) < 4.78 is 5.35. The molecule has 1 aromatic heterocycles. The summed E-state index contributed by atoms with van der Waals surface area (Å²) in [6.07, 6.45) is 0.822. The molecule has 4 N–H and O–H groups in total. The minimum atomic E-state index is -0.303. The first kappa shape index (κ1) is 14.6. The molecule has 1 unspecified atom stereocenters. The maximum atomic E-state index is 12.4. The number of nitrogen functional groups attached to an aromatic ring is 1. The van der Waals surface area contributed by atoms with Crippen molar-refractivity contribution < 1.29 is 9.53 Å². The molecule has 0 saturated carbocycles. The van der Waals surface area contributed by atoms with E-state index in [0.717, 1.165) is 37.7 Å². The topological polar surface area (TPSA) is 92.5 Å². The number of aromatic nitrogens is 1. The van der Waals surface area contributed by atoms with E-state index in [-0.39, 0.29) is 11.4 Å². The fraction of sp³-hybridized carbons (Fsp3) is 0.692. The molecule has 1 atom stereocenters. The molecule has 7 nitrogen and oxygen atoms in total. The lowest BCUT2D eigenvalue weighted by atomic mass is 10.0. The van der Waals surface area contributed by atoms with Crippen LogP contribution in [0.5, 0.6) is 0 Å². The van der Waals surface area contributed by atoms with Gasteiger partial charge in [-0.3, -0.25) is 4.79 Å². The third kappa shape index (κ3) is 3.12. The molecule has 3 heterocycles. The average molecular weight is 311 g/mol. The van der Waals surface area contributed by atoms with Crippen LogP contribution in [-0.4, -0.2) is 55.8 Å². The second-order valence-corrected chi connectivity index (χ2v) is 6.74. The highest BCUT2D eigenvalue weighted by Crippen LogP contribution is 2.29. The van der Waals surface area contributed by atoms with Gasteiger partial charge in [0.15, 0.2) is 5.13 Å². The number of piperazine rings is 1. The van der Waals surface area contributed by atoms with Crippen LogP contribution in [0.15, 0.2) is 0 Å². The molecule has 0 bridgehead atoms. The molecule has 3 rings (SSSR count). The number of rotatable bonds is 3. The van der Waals surface area contributed by atoms with E-state index >= 15 is 0 Å². The number of thiazole rings is 1. The second-order valence-electron chi connectivity index (χ2n) is 5.77. The van der Waals surface area contributed by atoms with Gasteiger partial charge in [-0.05, 0) is 13.3 Å². The standard InChI is InChI=1S/C13H21N5O2S/c1-13(2-7-20-8-13)17-11(19)9-10(14)16-12(21-9)18-5-3-15-4-6-18/h15H,2-8,14H2,1H3,(H,17,19). The predicted octanol–water partition coefficient (Wildman–Crippen LogP) is 0.0437. The highest BCUT2D eigenvalue weighted by Gasteiger charge is 2.33. The second kappa shape index (κ2) is 5.78. The monoisotopic (exact) mass is 311 g/mol. The van der Waals surface area contributed by atoms with E-state index in [1.54, 1.807) is 0 Å². The van der Waals surface area contributed by atoms with Crippen molar-refractivity contribution in [1.29, 1.82) is 0 Å². The molecule has 1 amide bonds. The van der Waals surface area contributed by atoms with Gasteiger partial charge in [0.25, 0.3) is 5.91 Å². The molecule has 21 heavy (non-hydrogen) atoms. The molecule has 2 aliphatic rings. The number of hydrogen-bond acceptors (Lipinski definition) is 7. The number of nitrogens with two attached hydrogens (primary N) is 1. The van der Waals surface area contributed by atoms with Gasteiger partial charge in [0.2, 0.25) is 0 Å². The molecule has 116 valence electrons. The zero-order valence-corrected chi connectivity index (χ0v) is 13.0. The molecule has 0 spiro atoms. The van der Waals surface area contributed by atoms with E-state index < -0.39 is 0 Å². The van der Waals surface area contributed by atoms with Crippen molar-refractivity contribution in [2.24, 2.45) is 0 Å². The maximum Gasteiger partial charge on any atom is 0.265 e. The number of nitrogens with zero attached hydrogens (tertiary/aromatic N) is 2. The van der Waals surface area contributed by atoms with E-state index in [4.69, 9.17) is 10.5 Å². The number of nitrogens with one attached hydrogen (secondary N) is 2. The number of carbonyl (C=O) groups is 1. The van der Waals surface area contributed by atoms with Gasteiger partial charge in [-0.15, -0.1) is 0 Å². The summed E-state index contributed by atoms with van der Waals surface area (Å²) in [6, 6.07) is 0. The van der Waals surface area contributed by atoms with Crippen LogP contribution in [0.3, 0.4) is 0 Å². The van der Waals surface area contributed by atoms with Crippen LogP contribution in [0.1, 0.15) is 23.0 Å². The van der Waals surface area contributed by atoms with Crippen molar-refractivity contribution in [3.05, 3.63) is 4.88 Å². The lowest BCUT2D eigenvalue weighted by Crippen LogP contribution is -2.46. The van der Waals surface area contributed by atoms with Gasteiger partial charge >= 0.3 is 0 Å². The number of anilines is 2. The van der Waals surface area contributed by atoms with Crippen LogP contribution in [0.25, 0.3) is 0 Å². The summed E-state index contributed by atoms with van der Waals surface area (Å²) in [4.78, 5) is 19.4. The number of hydrogen-bond donors (Lipinski definition) is 3. The third-order valence-corrected chi connectivity index (χ3v) is 5.00. The van der Waals surface area contributed by atoms with Crippen LogP contribution in [-0.2, 0) is 4.74 Å². The number of ether oxygens (including phenoxy) is 1.